The second-order valence-corrected chi connectivity index (χ2v) is 5.31. The smallest absolute Gasteiger partial charge is 0.319 e. The van der Waals surface area contributed by atoms with Gasteiger partial charge in [-0.05, 0) is 43.5 Å². The summed E-state index contributed by atoms with van der Waals surface area (Å²) in [6, 6.07) is 6.56. The molecule has 2 rings (SSSR count). The molecule has 2 aromatic heterocycles. The summed E-state index contributed by atoms with van der Waals surface area (Å²) in [6.07, 6.45) is 9.05. The summed E-state index contributed by atoms with van der Waals surface area (Å²) in [7, 11) is 0. The van der Waals surface area contributed by atoms with Gasteiger partial charge >= 0.3 is 12.1 Å². The highest BCUT2D eigenvalue weighted by molar-refractivity contribution is 5.89. The van der Waals surface area contributed by atoms with Gasteiger partial charge in [-0.15, -0.1) is 0 Å². The number of aromatic nitrogens is 2. The fourth-order valence-electron chi connectivity index (χ4n) is 2.05. The first-order chi connectivity index (χ1) is 12.2. The number of rotatable bonds is 8. The predicted octanol–water partition coefficient (Wildman–Crippen LogP) is 2.59. The van der Waals surface area contributed by atoms with Gasteiger partial charge in [0, 0.05) is 25.5 Å². The first-order valence-corrected chi connectivity index (χ1v) is 8.14. The molecule has 0 saturated heterocycles. The summed E-state index contributed by atoms with van der Waals surface area (Å²) in [4.78, 5) is 31.1. The van der Waals surface area contributed by atoms with Crippen LogP contribution >= 0.6 is 0 Å². The highest BCUT2D eigenvalue weighted by Gasteiger charge is 2.02. The molecule has 0 saturated carbocycles. The maximum Gasteiger partial charge on any atom is 0.319 e. The van der Waals surface area contributed by atoms with E-state index in [0.29, 0.717) is 24.5 Å². The lowest BCUT2D eigenvalue weighted by atomic mass is 10.2. The first kappa shape index (κ1) is 18.2. The summed E-state index contributed by atoms with van der Waals surface area (Å²) in [5.74, 6) is 0. The number of carbonyl (C=O) groups is 2. The van der Waals surface area contributed by atoms with Gasteiger partial charge in [0.15, 0.2) is 0 Å². The lowest BCUT2D eigenvalue weighted by Gasteiger charge is -2.08. The summed E-state index contributed by atoms with van der Waals surface area (Å²) in [5.41, 5.74) is 1.31. The number of amides is 4. The second-order valence-electron chi connectivity index (χ2n) is 5.31. The number of unbranched alkanes of at least 4 members (excludes halogenated alkanes) is 2. The number of carbonyl (C=O) groups excluding carboxylic acids is 2. The number of urea groups is 2. The molecule has 0 bridgehead atoms. The Hall–Kier alpha value is -3.16. The highest BCUT2D eigenvalue weighted by atomic mass is 16.2. The quantitative estimate of drug-likeness (QED) is 0.553. The Morgan fingerprint density at radius 1 is 0.760 bits per heavy atom. The molecule has 0 unspecified atom stereocenters. The van der Waals surface area contributed by atoms with Crippen molar-refractivity contribution in [3.63, 3.8) is 0 Å². The number of hydrogen-bond donors (Lipinski definition) is 4. The zero-order valence-corrected chi connectivity index (χ0v) is 13.9. The first-order valence-electron chi connectivity index (χ1n) is 8.14. The van der Waals surface area contributed by atoms with Crippen LogP contribution in [0.5, 0.6) is 0 Å². The van der Waals surface area contributed by atoms with Gasteiger partial charge in [0.1, 0.15) is 0 Å². The fraction of sp³-hybridized carbons (Fsp3) is 0.294. The van der Waals surface area contributed by atoms with Crippen molar-refractivity contribution in [3.8, 4) is 0 Å². The maximum absolute atomic E-state index is 11.6. The van der Waals surface area contributed by atoms with Gasteiger partial charge in [0.2, 0.25) is 0 Å². The van der Waals surface area contributed by atoms with Crippen molar-refractivity contribution >= 4 is 23.4 Å². The van der Waals surface area contributed by atoms with Crippen molar-refractivity contribution in [3.05, 3.63) is 49.1 Å². The van der Waals surface area contributed by atoms with Crippen LogP contribution in [0.25, 0.3) is 0 Å². The molecule has 0 fully saturated rings. The van der Waals surface area contributed by atoms with Crippen molar-refractivity contribution in [1.82, 2.24) is 20.6 Å². The van der Waals surface area contributed by atoms with Crippen molar-refractivity contribution in [2.45, 2.75) is 19.3 Å². The Morgan fingerprint density at radius 2 is 1.24 bits per heavy atom. The molecule has 0 spiro atoms. The standard InChI is InChI=1S/C17H22N6O2/c24-16(22-14-6-4-8-18-12-14)20-10-2-1-3-11-21-17(25)23-15-7-5-9-19-13-15/h4-9,12-13H,1-3,10-11H2,(H2,20,22,24)(H2,21,23,25). The number of pyridine rings is 2. The van der Waals surface area contributed by atoms with E-state index in [1.54, 1.807) is 49.1 Å². The summed E-state index contributed by atoms with van der Waals surface area (Å²) in [5, 5.41) is 11.0. The minimum absolute atomic E-state index is 0.248. The second kappa shape index (κ2) is 10.6. The molecule has 0 aliphatic carbocycles. The van der Waals surface area contributed by atoms with Crippen LogP contribution in [0.15, 0.2) is 49.1 Å². The van der Waals surface area contributed by atoms with Crippen molar-refractivity contribution < 1.29 is 9.59 Å². The van der Waals surface area contributed by atoms with Crippen LogP contribution in [0.2, 0.25) is 0 Å². The molecule has 2 heterocycles. The Labute approximate surface area is 146 Å². The number of anilines is 2. The van der Waals surface area contributed by atoms with E-state index in [1.165, 1.54) is 0 Å². The zero-order chi connectivity index (χ0) is 17.7. The lowest BCUT2D eigenvalue weighted by Crippen LogP contribution is -2.30. The van der Waals surface area contributed by atoms with Crippen LogP contribution in [0.3, 0.4) is 0 Å². The monoisotopic (exact) mass is 342 g/mol. The van der Waals surface area contributed by atoms with Gasteiger partial charge in [-0.1, -0.05) is 0 Å². The van der Waals surface area contributed by atoms with E-state index in [1.807, 2.05) is 0 Å². The summed E-state index contributed by atoms with van der Waals surface area (Å²) in [6.45, 7) is 1.15. The van der Waals surface area contributed by atoms with Gasteiger partial charge in [0.25, 0.3) is 0 Å². The van der Waals surface area contributed by atoms with Crippen LogP contribution in [-0.4, -0.2) is 35.1 Å². The van der Waals surface area contributed by atoms with Crippen LogP contribution in [0.4, 0.5) is 21.0 Å². The third-order valence-electron chi connectivity index (χ3n) is 3.26. The molecule has 0 aliphatic rings. The van der Waals surface area contributed by atoms with E-state index < -0.39 is 0 Å². The molecule has 0 atom stereocenters. The highest BCUT2D eigenvalue weighted by Crippen LogP contribution is 2.03. The largest absolute Gasteiger partial charge is 0.338 e. The van der Waals surface area contributed by atoms with E-state index in [2.05, 4.69) is 31.2 Å². The topological polar surface area (TPSA) is 108 Å². The molecular weight excluding hydrogens is 320 g/mol. The number of nitrogens with zero attached hydrogens (tertiary/aromatic N) is 2. The molecule has 0 radical (unpaired) electrons. The molecule has 4 N–H and O–H groups in total. The average molecular weight is 342 g/mol. The van der Waals surface area contributed by atoms with E-state index in [4.69, 9.17) is 0 Å². The van der Waals surface area contributed by atoms with Gasteiger partial charge in [-0.25, -0.2) is 9.59 Å². The van der Waals surface area contributed by atoms with Gasteiger partial charge in [-0.2, -0.15) is 0 Å². The molecule has 0 aromatic carbocycles. The molecule has 8 heteroatoms. The third kappa shape index (κ3) is 7.78. The molecular formula is C17H22N6O2. The summed E-state index contributed by atoms with van der Waals surface area (Å²) >= 11 is 0. The minimum Gasteiger partial charge on any atom is -0.338 e. The Morgan fingerprint density at radius 3 is 1.64 bits per heavy atom. The van der Waals surface area contributed by atoms with Gasteiger partial charge < -0.3 is 21.3 Å². The van der Waals surface area contributed by atoms with Gasteiger partial charge in [-0.3, -0.25) is 9.97 Å². The normalized spacial score (nSPS) is 9.92. The van der Waals surface area contributed by atoms with Crippen LogP contribution in [0, 0.1) is 0 Å². The Kier molecular flexibility index (Phi) is 7.70. The van der Waals surface area contributed by atoms with Crippen molar-refractivity contribution in [2.75, 3.05) is 23.7 Å². The maximum atomic E-state index is 11.6. The zero-order valence-electron chi connectivity index (χ0n) is 13.9. The number of nitrogens with one attached hydrogen (secondary N) is 4. The molecule has 2 aromatic rings. The van der Waals surface area contributed by atoms with E-state index in [-0.39, 0.29) is 12.1 Å². The van der Waals surface area contributed by atoms with E-state index in [9.17, 15) is 9.59 Å². The SMILES string of the molecule is O=C(NCCCCCNC(=O)Nc1cccnc1)Nc1cccnc1. The predicted molar refractivity (Wildman–Crippen MR) is 96.4 cm³/mol. The summed E-state index contributed by atoms with van der Waals surface area (Å²) < 4.78 is 0. The minimum atomic E-state index is -0.248. The molecule has 132 valence electrons. The Bertz CT molecular complexity index is 593. The van der Waals surface area contributed by atoms with E-state index in [0.717, 1.165) is 19.3 Å². The van der Waals surface area contributed by atoms with Gasteiger partial charge in [0.05, 0.1) is 23.8 Å². The fourth-order valence-corrected chi connectivity index (χ4v) is 2.05. The third-order valence-corrected chi connectivity index (χ3v) is 3.26. The lowest BCUT2D eigenvalue weighted by molar-refractivity contribution is 0.251. The molecule has 8 nitrogen and oxygen atoms in total. The molecule has 4 amide bonds. The van der Waals surface area contributed by atoms with Crippen LogP contribution in [-0.2, 0) is 0 Å². The average Bonchev–Trinajstić information content (AvgIpc) is 2.62. The van der Waals surface area contributed by atoms with Crippen molar-refractivity contribution in [2.24, 2.45) is 0 Å². The Balaban J connectivity index is 1.46. The van der Waals surface area contributed by atoms with Crippen LogP contribution < -0.4 is 21.3 Å². The van der Waals surface area contributed by atoms with E-state index >= 15 is 0 Å². The molecule has 25 heavy (non-hydrogen) atoms. The molecule has 0 aliphatic heterocycles. The number of hydrogen-bond acceptors (Lipinski definition) is 4. The van der Waals surface area contributed by atoms with Crippen molar-refractivity contribution in [1.29, 1.82) is 0 Å². The van der Waals surface area contributed by atoms with Crippen LogP contribution in [0.1, 0.15) is 19.3 Å².